The minimum Gasteiger partial charge on any atom is -0.394 e. The number of rotatable bonds is 6. The minimum atomic E-state index is -1.36. The van der Waals surface area contributed by atoms with E-state index in [4.69, 9.17) is 14.6 Å². The van der Waals surface area contributed by atoms with Crippen molar-refractivity contribution in [2.24, 2.45) is 0 Å². The first-order valence-corrected chi connectivity index (χ1v) is 6.04. The van der Waals surface area contributed by atoms with Crippen molar-refractivity contribution in [3.63, 3.8) is 0 Å². The normalized spacial score (nSPS) is 38.3. The van der Waals surface area contributed by atoms with Crippen molar-refractivity contribution in [2.75, 3.05) is 13.2 Å². The van der Waals surface area contributed by atoms with Gasteiger partial charge in [0.25, 0.3) is 0 Å². The Kier molecular flexibility index (Phi) is 6.32. The lowest BCUT2D eigenvalue weighted by Gasteiger charge is -2.39. The van der Waals surface area contributed by atoms with E-state index in [2.05, 4.69) is 6.92 Å². The van der Waals surface area contributed by atoms with E-state index < -0.39 is 37.3 Å². The van der Waals surface area contributed by atoms with Crippen molar-refractivity contribution in [3.8, 4) is 0 Å². The van der Waals surface area contributed by atoms with Crippen molar-refractivity contribution < 1.29 is 29.9 Å². The van der Waals surface area contributed by atoms with E-state index in [0.29, 0.717) is 6.61 Å². The second-order valence-corrected chi connectivity index (χ2v) is 4.28. The number of hydrogen-bond acceptors (Lipinski definition) is 6. The molecular formula is C11H22O6. The molecule has 1 fully saturated rings. The molecule has 6 heteroatoms. The van der Waals surface area contributed by atoms with Gasteiger partial charge in [0.1, 0.15) is 24.4 Å². The summed E-state index contributed by atoms with van der Waals surface area (Å²) >= 11 is 0. The summed E-state index contributed by atoms with van der Waals surface area (Å²) in [7, 11) is 0. The Morgan fingerprint density at radius 1 is 1.06 bits per heavy atom. The van der Waals surface area contributed by atoms with Gasteiger partial charge in [-0.2, -0.15) is 0 Å². The lowest BCUT2D eigenvalue weighted by molar-refractivity contribution is -0.301. The third-order valence-electron chi connectivity index (χ3n) is 2.88. The maximum Gasteiger partial charge on any atom is 0.186 e. The summed E-state index contributed by atoms with van der Waals surface area (Å²) in [5.41, 5.74) is 0. The summed E-state index contributed by atoms with van der Waals surface area (Å²) in [5.74, 6) is 0. The smallest absolute Gasteiger partial charge is 0.186 e. The van der Waals surface area contributed by atoms with Crippen LogP contribution in [0.15, 0.2) is 0 Å². The zero-order chi connectivity index (χ0) is 12.8. The Morgan fingerprint density at radius 3 is 2.35 bits per heavy atom. The van der Waals surface area contributed by atoms with E-state index >= 15 is 0 Å². The van der Waals surface area contributed by atoms with Gasteiger partial charge in [0, 0.05) is 6.61 Å². The van der Waals surface area contributed by atoms with Crippen LogP contribution in [-0.4, -0.2) is 64.3 Å². The van der Waals surface area contributed by atoms with Gasteiger partial charge in [0.15, 0.2) is 6.29 Å². The highest BCUT2D eigenvalue weighted by Crippen LogP contribution is 2.22. The molecule has 0 aromatic rings. The van der Waals surface area contributed by atoms with E-state index in [-0.39, 0.29) is 0 Å². The van der Waals surface area contributed by atoms with Gasteiger partial charge in [-0.05, 0) is 6.42 Å². The van der Waals surface area contributed by atoms with Gasteiger partial charge >= 0.3 is 0 Å². The van der Waals surface area contributed by atoms with Gasteiger partial charge in [-0.3, -0.25) is 0 Å². The topological polar surface area (TPSA) is 99.4 Å². The molecule has 1 aliphatic heterocycles. The second-order valence-electron chi connectivity index (χ2n) is 4.28. The van der Waals surface area contributed by atoms with Crippen LogP contribution in [0.3, 0.4) is 0 Å². The molecule has 0 aromatic carbocycles. The highest BCUT2D eigenvalue weighted by atomic mass is 16.7. The Bertz CT molecular complexity index is 210. The predicted octanol–water partition coefficient (Wildman–Crippen LogP) is -1.01. The largest absolute Gasteiger partial charge is 0.394 e. The van der Waals surface area contributed by atoms with Crippen LogP contribution in [0.1, 0.15) is 26.2 Å². The van der Waals surface area contributed by atoms with Gasteiger partial charge in [-0.1, -0.05) is 19.8 Å². The molecule has 4 N–H and O–H groups in total. The molecule has 102 valence electrons. The first kappa shape index (κ1) is 14.8. The van der Waals surface area contributed by atoms with E-state index in [1.807, 2.05) is 0 Å². The third-order valence-corrected chi connectivity index (χ3v) is 2.88. The fourth-order valence-electron chi connectivity index (χ4n) is 1.76. The number of ether oxygens (including phenoxy) is 2. The molecule has 0 aromatic heterocycles. The molecule has 0 radical (unpaired) electrons. The lowest BCUT2D eigenvalue weighted by Crippen LogP contribution is -2.59. The molecule has 1 aliphatic rings. The van der Waals surface area contributed by atoms with Crippen LogP contribution in [0, 0.1) is 0 Å². The average Bonchev–Trinajstić information content (AvgIpc) is 2.34. The highest BCUT2D eigenvalue weighted by molar-refractivity contribution is 4.88. The fraction of sp³-hybridized carbons (Fsp3) is 1.00. The van der Waals surface area contributed by atoms with E-state index in [1.165, 1.54) is 0 Å². The van der Waals surface area contributed by atoms with Gasteiger partial charge < -0.3 is 29.9 Å². The fourth-order valence-corrected chi connectivity index (χ4v) is 1.76. The van der Waals surface area contributed by atoms with Gasteiger partial charge in [-0.25, -0.2) is 0 Å². The summed E-state index contributed by atoms with van der Waals surface area (Å²) in [5, 5.41) is 37.6. The maximum atomic E-state index is 9.64. The SMILES string of the molecule is CCCCCOC1OC(CO)C(O)C(O)C1O. The molecule has 1 saturated heterocycles. The molecule has 0 bridgehead atoms. The zero-order valence-corrected chi connectivity index (χ0v) is 10.0. The molecule has 5 unspecified atom stereocenters. The first-order valence-electron chi connectivity index (χ1n) is 6.04. The summed E-state index contributed by atoms with van der Waals surface area (Å²) in [6.45, 7) is 2.05. The van der Waals surface area contributed by atoms with Gasteiger partial charge in [0.2, 0.25) is 0 Å². The van der Waals surface area contributed by atoms with Crippen molar-refractivity contribution in [2.45, 2.75) is 56.9 Å². The number of unbranched alkanes of at least 4 members (excludes halogenated alkanes) is 2. The van der Waals surface area contributed by atoms with Crippen molar-refractivity contribution in [1.82, 2.24) is 0 Å². The third kappa shape index (κ3) is 3.87. The van der Waals surface area contributed by atoms with Crippen LogP contribution >= 0.6 is 0 Å². The highest BCUT2D eigenvalue weighted by Gasteiger charge is 2.43. The number of aliphatic hydroxyl groups is 4. The van der Waals surface area contributed by atoms with Crippen LogP contribution in [0.4, 0.5) is 0 Å². The Morgan fingerprint density at radius 2 is 1.76 bits per heavy atom. The second kappa shape index (κ2) is 7.25. The van der Waals surface area contributed by atoms with Crippen molar-refractivity contribution in [3.05, 3.63) is 0 Å². The molecular weight excluding hydrogens is 228 g/mol. The quantitative estimate of drug-likeness (QED) is 0.451. The van der Waals surface area contributed by atoms with Crippen molar-refractivity contribution in [1.29, 1.82) is 0 Å². The summed E-state index contributed by atoms with van der Waals surface area (Å²) in [6.07, 6.45) is -2.98. The monoisotopic (exact) mass is 250 g/mol. The maximum absolute atomic E-state index is 9.64. The van der Waals surface area contributed by atoms with Crippen LogP contribution in [-0.2, 0) is 9.47 Å². The molecule has 6 nitrogen and oxygen atoms in total. The number of aliphatic hydroxyl groups excluding tert-OH is 4. The van der Waals surface area contributed by atoms with Crippen LogP contribution in [0.2, 0.25) is 0 Å². The summed E-state index contributed by atoms with van der Waals surface area (Å²) in [6, 6.07) is 0. The Labute approximate surface area is 101 Å². The Balaban J connectivity index is 2.42. The molecule has 1 heterocycles. The molecule has 0 amide bonds. The molecule has 0 spiro atoms. The molecule has 5 atom stereocenters. The van der Waals surface area contributed by atoms with Gasteiger partial charge in [-0.15, -0.1) is 0 Å². The van der Waals surface area contributed by atoms with Gasteiger partial charge in [0.05, 0.1) is 6.61 Å². The standard InChI is InChI=1S/C11H22O6/c1-2-3-4-5-16-11-10(15)9(14)8(13)7(6-12)17-11/h7-15H,2-6H2,1H3. The molecule has 17 heavy (non-hydrogen) atoms. The number of hydrogen-bond donors (Lipinski definition) is 4. The molecule has 1 rings (SSSR count). The zero-order valence-electron chi connectivity index (χ0n) is 10.0. The van der Waals surface area contributed by atoms with E-state index in [0.717, 1.165) is 19.3 Å². The van der Waals surface area contributed by atoms with Crippen LogP contribution in [0.25, 0.3) is 0 Å². The lowest BCUT2D eigenvalue weighted by atomic mass is 9.99. The van der Waals surface area contributed by atoms with E-state index in [1.54, 1.807) is 0 Å². The van der Waals surface area contributed by atoms with Crippen molar-refractivity contribution >= 4 is 0 Å². The minimum absolute atomic E-state index is 0.413. The Hall–Kier alpha value is -0.240. The predicted molar refractivity (Wildman–Crippen MR) is 59.2 cm³/mol. The van der Waals surface area contributed by atoms with Crippen LogP contribution < -0.4 is 0 Å². The first-order chi connectivity index (χ1) is 8.11. The average molecular weight is 250 g/mol. The molecule has 0 saturated carbocycles. The van der Waals surface area contributed by atoms with Crippen LogP contribution in [0.5, 0.6) is 0 Å². The molecule has 0 aliphatic carbocycles. The summed E-state index contributed by atoms with van der Waals surface area (Å²) in [4.78, 5) is 0. The summed E-state index contributed by atoms with van der Waals surface area (Å²) < 4.78 is 10.5. The van der Waals surface area contributed by atoms with E-state index in [9.17, 15) is 15.3 Å².